The topological polar surface area (TPSA) is 82.5 Å². The van der Waals surface area contributed by atoms with Crippen molar-refractivity contribution < 1.29 is 23.5 Å². The summed E-state index contributed by atoms with van der Waals surface area (Å²) in [6.07, 6.45) is 4.28. The zero-order valence-electron chi connectivity index (χ0n) is 20.5. The van der Waals surface area contributed by atoms with Gasteiger partial charge in [0.2, 0.25) is 0 Å². The molecule has 190 valence electrons. The van der Waals surface area contributed by atoms with E-state index in [9.17, 15) is 23.5 Å². The van der Waals surface area contributed by atoms with Gasteiger partial charge in [-0.15, -0.1) is 0 Å². The normalized spacial score (nSPS) is 12.0. The number of carbonyl (C=O) groups excluding carboxylic acids is 1. The number of nitrogens with zero attached hydrogens (tertiary/aromatic N) is 2. The van der Waals surface area contributed by atoms with Crippen LogP contribution in [-0.4, -0.2) is 47.0 Å². The van der Waals surface area contributed by atoms with Crippen LogP contribution in [-0.2, 0) is 24.2 Å². The highest BCUT2D eigenvalue weighted by Crippen LogP contribution is 2.25. The predicted octanol–water partition coefficient (Wildman–Crippen LogP) is 4.59. The number of carbonyl (C=O) groups is 2. The maximum Gasteiger partial charge on any atom is 0.326 e. The number of carboxylic acids is 1. The minimum Gasteiger partial charge on any atom is -0.480 e. The lowest BCUT2D eigenvalue weighted by Gasteiger charge is -2.16. The number of aliphatic carboxylic acids is 1. The van der Waals surface area contributed by atoms with E-state index < -0.39 is 35.1 Å². The van der Waals surface area contributed by atoms with Crippen molar-refractivity contribution >= 4 is 22.6 Å². The summed E-state index contributed by atoms with van der Waals surface area (Å²) in [6.45, 7) is 0.766. The number of aromatic nitrogens is 1. The third kappa shape index (κ3) is 6.16. The Labute approximate surface area is 213 Å². The summed E-state index contributed by atoms with van der Waals surface area (Å²) in [5.74, 6) is -4.52. The maximum atomic E-state index is 14.0. The van der Waals surface area contributed by atoms with Crippen LogP contribution in [0, 0.1) is 11.6 Å². The second-order valence-electron chi connectivity index (χ2n) is 9.21. The molecule has 0 spiro atoms. The van der Waals surface area contributed by atoms with Crippen molar-refractivity contribution in [3.63, 3.8) is 0 Å². The SMILES string of the molecule is CN(C)Cc1cncc2c(Cc3cccc(C[C@H](NC(=O)c4c(F)cccc4F)C(=O)O)c3)cccc12. The Morgan fingerprint density at radius 3 is 2.30 bits per heavy atom. The molecule has 0 saturated heterocycles. The fourth-order valence-electron chi connectivity index (χ4n) is 4.41. The fraction of sp³-hybridized carbons (Fsp3) is 0.207. The molecule has 0 aliphatic heterocycles. The Bertz CT molecular complexity index is 1440. The zero-order valence-corrected chi connectivity index (χ0v) is 20.5. The van der Waals surface area contributed by atoms with Gasteiger partial charge >= 0.3 is 5.97 Å². The summed E-state index contributed by atoms with van der Waals surface area (Å²) in [7, 11) is 4.02. The van der Waals surface area contributed by atoms with Crippen molar-refractivity contribution in [2.75, 3.05) is 14.1 Å². The Balaban J connectivity index is 1.55. The largest absolute Gasteiger partial charge is 0.480 e. The van der Waals surface area contributed by atoms with Gasteiger partial charge in [-0.3, -0.25) is 9.78 Å². The van der Waals surface area contributed by atoms with Crippen LogP contribution in [0.5, 0.6) is 0 Å². The van der Waals surface area contributed by atoms with Gasteiger partial charge in [0, 0.05) is 30.7 Å². The standard InChI is InChI=1S/C29H27F2N3O3/c1-34(2)17-21-15-32-16-23-20(8-4-9-22(21)23)13-18-6-3-7-19(12-18)14-26(29(36)37)33-28(35)27-24(30)10-5-11-25(27)31/h3-12,15-16,26H,13-14,17H2,1-2H3,(H,33,35)(H,36,37)/t26-/m0/s1. The van der Waals surface area contributed by atoms with Crippen molar-refractivity contribution in [1.29, 1.82) is 0 Å². The third-order valence-electron chi connectivity index (χ3n) is 6.08. The van der Waals surface area contributed by atoms with E-state index in [0.29, 0.717) is 12.0 Å². The van der Waals surface area contributed by atoms with E-state index in [1.54, 1.807) is 6.07 Å². The van der Waals surface area contributed by atoms with Gasteiger partial charge in [-0.25, -0.2) is 13.6 Å². The molecule has 0 fully saturated rings. The van der Waals surface area contributed by atoms with E-state index in [4.69, 9.17) is 0 Å². The number of amides is 1. The first-order valence-corrected chi connectivity index (χ1v) is 11.8. The molecule has 0 bridgehead atoms. The van der Waals surface area contributed by atoms with Crippen molar-refractivity contribution in [3.05, 3.63) is 113 Å². The molecule has 0 saturated carbocycles. The lowest BCUT2D eigenvalue weighted by atomic mass is 9.95. The first-order valence-electron chi connectivity index (χ1n) is 11.8. The number of benzene rings is 3. The van der Waals surface area contributed by atoms with Crippen LogP contribution in [0.3, 0.4) is 0 Å². The minimum atomic E-state index is -1.36. The number of hydrogen-bond acceptors (Lipinski definition) is 4. The third-order valence-corrected chi connectivity index (χ3v) is 6.08. The fourth-order valence-corrected chi connectivity index (χ4v) is 4.41. The highest BCUT2D eigenvalue weighted by molar-refractivity contribution is 5.97. The van der Waals surface area contributed by atoms with Crippen LogP contribution < -0.4 is 5.32 Å². The van der Waals surface area contributed by atoms with Gasteiger partial charge in [0.15, 0.2) is 0 Å². The number of rotatable bonds is 9. The van der Waals surface area contributed by atoms with Crippen LogP contribution in [0.2, 0.25) is 0 Å². The second kappa shape index (κ2) is 11.3. The van der Waals surface area contributed by atoms with Gasteiger partial charge in [-0.2, -0.15) is 0 Å². The number of pyridine rings is 1. The maximum absolute atomic E-state index is 14.0. The molecule has 6 nitrogen and oxygen atoms in total. The molecular formula is C29H27F2N3O3. The highest BCUT2D eigenvalue weighted by atomic mass is 19.1. The molecule has 8 heteroatoms. The van der Waals surface area contributed by atoms with Gasteiger partial charge in [0.25, 0.3) is 5.91 Å². The molecule has 0 radical (unpaired) electrons. The monoisotopic (exact) mass is 503 g/mol. The summed E-state index contributed by atoms with van der Waals surface area (Å²) in [4.78, 5) is 30.8. The summed E-state index contributed by atoms with van der Waals surface area (Å²) in [6, 6.07) is 15.2. The van der Waals surface area contributed by atoms with E-state index in [1.807, 2.05) is 56.8 Å². The van der Waals surface area contributed by atoms with Gasteiger partial charge in [-0.1, -0.05) is 48.5 Å². The van der Waals surface area contributed by atoms with E-state index in [0.717, 1.165) is 52.2 Å². The summed E-state index contributed by atoms with van der Waals surface area (Å²) >= 11 is 0. The Kier molecular flexibility index (Phi) is 7.89. The minimum absolute atomic E-state index is 0.0466. The van der Waals surface area contributed by atoms with Crippen molar-refractivity contribution in [2.45, 2.75) is 25.4 Å². The van der Waals surface area contributed by atoms with Gasteiger partial charge < -0.3 is 15.3 Å². The lowest BCUT2D eigenvalue weighted by Crippen LogP contribution is -2.43. The molecule has 0 aliphatic rings. The molecule has 1 amide bonds. The van der Waals surface area contributed by atoms with Crippen LogP contribution >= 0.6 is 0 Å². The molecule has 1 heterocycles. The Morgan fingerprint density at radius 2 is 1.59 bits per heavy atom. The van der Waals surface area contributed by atoms with Crippen LogP contribution in [0.1, 0.15) is 32.6 Å². The summed E-state index contributed by atoms with van der Waals surface area (Å²) < 4.78 is 28.0. The average molecular weight is 504 g/mol. The molecule has 4 rings (SSSR count). The molecule has 3 aromatic carbocycles. The summed E-state index contributed by atoms with van der Waals surface area (Å²) in [5, 5.41) is 14.1. The first-order chi connectivity index (χ1) is 17.7. The number of halogens is 2. The number of nitrogens with one attached hydrogen (secondary N) is 1. The van der Waals surface area contributed by atoms with Crippen LogP contribution in [0.25, 0.3) is 10.8 Å². The van der Waals surface area contributed by atoms with Crippen molar-refractivity contribution in [1.82, 2.24) is 15.2 Å². The van der Waals surface area contributed by atoms with Gasteiger partial charge in [0.1, 0.15) is 23.2 Å². The van der Waals surface area contributed by atoms with Gasteiger partial charge in [0.05, 0.1) is 0 Å². The molecular weight excluding hydrogens is 476 g/mol. The Morgan fingerprint density at radius 1 is 0.919 bits per heavy atom. The smallest absolute Gasteiger partial charge is 0.326 e. The van der Waals surface area contributed by atoms with Crippen LogP contribution in [0.15, 0.2) is 73.1 Å². The molecule has 37 heavy (non-hydrogen) atoms. The second-order valence-corrected chi connectivity index (χ2v) is 9.21. The molecule has 2 N–H and O–H groups in total. The van der Waals surface area contributed by atoms with Crippen molar-refractivity contribution in [3.8, 4) is 0 Å². The van der Waals surface area contributed by atoms with E-state index in [2.05, 4.69) is 21.3 Å². The molecule has 0 unspecified atom stereocenters. The molecule has 4 aromatic rings. The average Bonchev–Trinajstić information content (AvgIpc) is 2.84. The number of hydrogen-bond donors (Lipinski definition) is 2. The van der Waals surface area contributed by atoms with Gasteiger partial charge in [-0.05, 0) is 60.3 Å². The lowest BCUT2D eigenvalue weighted by molar-refractivity contribution is -0.139. The molecule has 0 aliphatic carbocycles. The number of fused-ring (bicyclic) bond motifs is 1. The van der Waals surface area contributed by atoms with E-state index in [-0.39, 0.29) is 6.42 Å². The molecule has 1 aromatic heterocycles. The quantitative estimate of drug-likeness (QED) is 0.349. The Hall–Kier alpha value is -4.17. The van der Waals surface area contributed by atoms with Crippen LogP contribution in [0.4, 0.5) is 8.78 Å². The van der Waals surface area contributed by atoms with Crippen molar-refractivity contribution in [2.24, 2.45) is 0 Å². The summed E-state index contributed by atoms with van der Waals surface area (Å²) in [5.41, 5.74) is 3.04. The number of carboxylic acid groups (broad SMARTS) is 1. The predicted molar refractivity (Wildman–Crippen MR) is 137 cm³/mol. The van der Waals surface area contributed by atoms with E-state index >= 15 is 0 Å². The zero-order chi connectivity index (χ0) is 26.5. The first kappa shape index (κ1) is 25.9. The molecule has 1 atom stereocenters. The highest BCUT2D eigenvalue weighted by Gasteiger charge is 2.25. The van der Waals surface area contributed by atoms with E-state index in [1.165, 1.54) is 0 Å².